The molecule has 4 nitrogen and oxygen atoms in total. The highest BCUT2D eigenvalue weighted by Gasteiger charge is 2.42. The zero-order valence-corrected chi connectivity index (χ0v) is 17.9. The lowest BCUT2D eigenvalue weighted by molar-refractivity contribution is -0.275. The van der Waals surface area contributed by atoms with E-state index in [0.717, 1.165) is 13.1 Å². The van der Waals surface area contributed by atoms with Gasteiger partial charge in [-0.2, -0.15) is 0 Å². The number of para-hydroxylation sites is 1. The molecule has 0 aliphatic carbocycles. The van der Waals surface area contributed by atoms with Crippen molar-refractivity contribution < 1.29 is 27.8 Å². The predicted molar refractivity (Wildman–Crippen MR) is 113 cm³/mol. The molecule has 2 aromatic rings. The van der Waals surface area contributed by atoms with E-state index in [0.29, 0.717) is 25.1 Å². The standard InChI is InChI=1S/C24H30F3NO3/c1-18(2)14-23(29,15-20-10-6-7-11-21(20)31-24(25,26)27)22-17-28(12-13-30-22)16-19-8-4-3-5-9-19/h3-11,18,22,29H,12-17H2,1-2H3. The van der Waals surface area contributed by atoms with E-state index in [1.165, 1.54) is 17.7 Å². The molecule has 2 aromatic carbocycles. The normalized spacial score (nSPS) is 19.9. The van der Waals surface area contributed by atoms with Gasteiger partial charge < -0.3 is 14.6 Å². The summed E-state index contributed by atoms with van der Waals surface area (Å²) in [6, 6.07) is 16.0. The molecule has 0 spiro atoms. The molecule has 2 atom stereocenters. The largest absolute Gasteiger partial charge is 0.573 e. The summed E-state index contributed by atoms with van der Waals surface area (Å²) in [5.41, 5.74) is 0.153. The van der Waals surface area contributed by atoms with Gasteiger partial charge >= 0.3 is 6.36 Å². The van der Waals surface area contributed by atoms with Crippen LogP contribution < -0.4 is 4.74 Å². The van der Waals surface area contributed by atoms with Crippen molar-refractivity contribution in [1.29, 1.82) is 0 Å². The molecule has 7 heteroatoms. The van der Waals surface area contributed by atoms with E-state index in [-0.39, 0.29) is 18.1 Å². The van der Waals surface area contributed by atoms with Crippen LogP contribution in [-0.4, -0.2) is 47.8 Å². The molecule has 0 amide bonds. The average Bonchev–Trinajstić information content (AvgIpc) is 2.69. The molecule has 3 rings (SSSR count). The first-order chi connectivity index (χ1) is 14.6. The van der Waals surface area contributed by atoms with Crippen LogP contribution in [0.2, 0.25) is 0 Å². The number of hydrogen-bond acceptors (Lipinski definition) is 4. The summed E-state index contributed by atoms with van der Waals surface area (Å²) in [4.78, 5) is 2.22. The number of ether oxygens (including phenoxy) is 2. The molecule has 1 aliphatic heterocycles. The van der Waals surface area contributed by atoms with Gasteiger partial charge in [0.25, 0.3) is 0 Å². The Morgan fingerprint density at radius 1 is 1.10 bits per heavy atom. The maximum atomic E-state index is 12.9. The van der Waals surface area contributed by atoms with Gasteiger partial charge in [-0.3, -0.25) is 4.90 Å². The second-order valence-electron chi connectivity index (χ2n) is 8.61. The third-order valence-electron chi connectivity index (χ3n) is 5.46. The molecule has 0 aromatic heterocycles. The van der Waals surface area contributed by atoms with E-state index < -0.39 is 18.1 Å². The lowest BCUT2D eigenvalue weighted by Gasteiger charge is -2.43. The van der Waals surface area contributed by atoms with Crippen molar-refractivity contribution in [3.63, 3.8) is 0 Å². The summed E-state index contributed by atoms with van der Waals surface area (Å²) in [5, 5.41) is 11.7. The van der Waals surface area contributed by atoms with Crippen LogP contribution in [0.15, 0.2) is 54.6 Å². The Kier molecular flexibility index (Phi) is 7.62. The number of hydrogen-bond donors (Lipinski definition) is 1. The van der Waals surface area contributed by atoms with Gasteiger partial charge in [0.05, 0.1) is 18.3 Å². The average molecular weight is 438 g/mol. The number of aliphatic hydroxyl groups is 1. The molecule has 2 unspecified atom stereocenters. The van der Waals surface area contributed by atoms with Crippen molar-refractivity contribution in [2.45, 2.75) is 51.3 Å². The van der Waals surface area contributed by atoms with Crippen LogP contribution in [0.3, 0.4) is 0 Å². The minimum absolute atomic E-state index is 0.0152. The smallest absolute Gasteiger partial charge is 0.406 e. The maximum absolute atomic E-state index is 12.9. The van der Waals surface area contributed by atoms with Crippen molar-refractivity contribution in [2.24, 2.45) is 5.92 Å². The fraction of sp³-hybridized carbons (Fsp3) is 0.500. The molecule has 0 saturated carbocycles. The van der Waals surface area contributed by atoms with E-state index in [9.17, 15) is 18.3 Å². The molecule has 170 valence electrons. The number of morpholine rings is 1. The minimum atomic E-state index is -4.79. The second-order valence-corrected chi connectivity index (χ2v) is 8.61. The van der Waals surface area contributed by atoms with Gasteiger partial charge in [-0.1, -0.05) is 62.4 Å². The maximum Gasteiger partial charge on any atom is 0.573 e. The summed E-state index contributed by atoms with van der Waals surface area (Å²) in [5.74, 6) is -0.150. The Morgan fingerprint density at radius 2 is 1.77 bits per heavy atom. The molecule has 1 aliphatic rings. The van der Waals surface area contributed by atoms with Crippen LogP contribution in [0, 0.1) is 5.92 Å². The third kappa shape index (κ3) is 6.95. The molecule has 31 heavy (non-hydrogen) atoms. The van der Waals surface area contributed by atoms with Gasteiger partial charge in [0.15, 0.2) is 0 Å². The first kappa shape index (κ1) is 23.6. The predicted octanol–water partition coefficient (Wildman–Crippen LogP) is 4.81. The van der Waals surface area contributed by atoms with Gasteiger partial charge in [0, 0.05) is 26.1 Å². The topological polar surface area (TPSA) is 41.9 Å². The van der Waals surface area contributed by atoms with E-state index in [2.05, 4.69) is 21.8 Å². The highest BCUT2D eigenvalue weighted by atomic mass is 19.4. The van der Waals surface area contributed by atoms with Crippen molar-refractivity contribution in [2.75, 3.05) is 19.7 Å². The second kappa shape index (κ2) is 10.0. The van der Waals surface area contributed by atoms with E-state index in [4.69, 9.17) is 4.74 Å². The molecular weight excluding hydrogens is 407 g/mol. The van der Waals surface area contributed by atoms with Crippen molar-refractivity contribution in [3.05, 3.63) is 65.7 Å². The van der Waals surface area contributed by atoms with Gasteiger partial charge in [0.2, 0.25) is 0 Å². The zero-order valence-electron chi connectivity index (χ0n) is 17.9. The molecule has 1 saturated heterocycles. The van der Waals surface area contributed by atoms with Gasteiger partial charge in [-0.25, -0.2) is 0 Å². The molecule has 1 fully saturated rings. The summed E-state index contributed by atoms with van der Waals surface area (Å²) >= 11 is 0. The summed E-state index contributed by atoms with van der Waals surface area (Å²) in [7, 11) is 0. The molecule has 1 heterocycles. The lowest BCUT2D eigenvalue weighted by atomic mass is 9.81. The number of alkyl halides is 3. The van der Waals surface area contributed by atoms with E-state index in [1.54, 1.807) is 12.1 Å². The van der Waals surface area contributed by atoms with Crippen LogP contribution in [-0.2, 0) is 17.7 Å². The van der Waals surface area contributed by atoms with Gasteiger partial charge in [-0.05, 0) is 29.5 Å². The minimum Gasteiger partial charge on any atom is -0.406 e. The fourth-order valence-corrected chi connectivity index (χ4v) is 4.24. The molecule has 1 N–H and O–H groups in total. The number of halogens is 3. The first-order valence-electron chi connectivity index (χ1n) is 10.6. The number of rotatable bonds is 8. The fourth-order valence-electron chi connectivity index (χ4n) is 4.24. The van der Waals surface area contributed by atoms with Crippen LogP contribution in [0.1, 0.15) is 31.4 Å². The SMILES string of the molecule is CC(C)CC(O)(Cc1ccccc1OC(F)(F)F)C1CN(Cc2ccccc2)CCO1. The zero-order chi connectivity index (χ0) is 22.5. The summed E-state index contributed by atoms with van der Waals surface area (Å²) in [6.07, 6.45) is -4.90. The Bertz CT molecular complexity index is 828. The highest BCUT2D eigenvalue weighted by molar-refractivity contribution is 5.35. The molecule has 0 bridgehead atoms. The Hall–Kier alpha value is -2.09. The van der Waals surface area contributed by atoms with E-state index in [1.807, 2.05) is 32.0 Å². The number of nitrogens with zero attached hydrogens (tertiary/aromatic N) is 1. The first-order valence-corrected chi connectivity index (χ1v) is 10.6. The monoisotopic (exact) mass is 437 g/mol. The van der Waals surface area contributed by atoms with Crippen molar-refractivity contribution in [1.82, 2.24) is 4.90 Å². The van der Waals surface area contributed by atoms with E-state index >= 15 is 0 Å². The van der Waals surface area contributed by atoms with Crippen LogP contribution in [0.5, 0.6) is 5.75 Å². The Balaban J connectivity index is 1.80. The molecule has 0 radical (unpaired) electrons. The van der Waals surface area contributed by atoms with Crippen LogP contribution in [0.4, 0.5) is 13.2 Å². The van der Waals surface area contributed by atoms with Gasteiger partial charge in [-0.15, -0.1) is 13.2 Å². The summed E-state index contributed by atoms with van der Waals surface area (Å²) < 4.78 is 48.8. The van der Waals surface area contributed by atoms with Crippen LogP contribution >= 0.6 is 0 Å². The van der Waals surface area contributed by atoms with Crippen LogP contribution in [0.25, 0.3) is 0 Å². The lowest BCUT2D eigenvalue weighted by Crippen LogP contribution is -2.56. The van der Waals surface area contributed by atoms with Crippen molar-refractivity contribution >= 4 is 0 Å². The highest BCUT2D eigenvalue weighted by Crippen LogP contribution is 2.34. The number of benzene rings is 2. The Morgan fingerprint density at radius 3 is 2.45 bits per heavy atom. The summed E-state index contributed by atoms with van der Waals surface area (Å²) in [6.45, 7) is 6.38. The molecular formula is C24H30F3NO3. The quantitative estimate of drug-likeness (QED) is 0.644. The third-order valence-corrected chi connectivity index (χ3v) is 5.46. The van der Waals surface area contributed by atoms with Gasteiger partial charge in [0.1, 0.15) is 5.75 Å². The Labute approximate surface area is 181 Å². The van der Waals surface area contributed by atoms with Crippen molar-refractivity contribution in [3.8, 4) is 5.75 Å².